The summed E-state index contributed by atoms with van der Waals surface area (Å²) < 4.78 is 10.0. The van der Waals surface area contributed by atoms with Gasteiger partial charge in [-0.25, -0.2) is 9.59 Å². The summed E-state index contributed by atoms with van der Waals surface area (Å²) in [4.78, 5) is 23.1. The van der Waals surface area contributed by atoms with Crippen LogP contribution < -0.4 is 11.1 Å². The largest absolute Gasteiger partial charge is 0.462 e. The number of hydrogen-bond donors (Lipinski definition) is 2. The second kappa shape index (κ2) is 9.37. The lowest BCUT2D eigenvalue weighted by Crippen LogP contribution is -2.36. The van der Waals surface area contributed by atoms with Crippen LogP contribution in [0.2, 0.25) is 0 Å². The molecule has 1 aromatic rings. The predicted octanol–water partition coefficient (Wildman–Crippen LogP) is 2.81. The van der Waals surface area contributed by atoms with E-state index in [-0.39, 0.29) is 31.0 Å². The van der Waals surface area contributed by atoms with Crippen molar-refractivity contribution in [2.45, 2.75) is 39.3 Å². The van der Waals surface area contributed by atoms with Crippen molar-refractivity contribution in [3.63, 3.8) is 0 Å². The second-order valence-corrected chi connectivity index (χ2v) is 5.83. The number of carbonyl (C=O) groups excluding carboxylic acids is 2. The number of rotatable bonds is 5. The molecule has 0 saturated carbocycles. The van der Waals surface area contributed by atoms with E-state index in [0.29, 0.717) is 12.2 Å². The van der Waals surface area contributed by atoms with Gasteiger partial charge in [-0.3, -0.25) is 0 Å². The molecule has 0 bridgehead atoms. The fourth-order valence-electron chi connectivity index (χ4n) is 1.71. The molecule has 7 heteroatoms. The lowest BCUT2D eigenvalue weighted by Gasteiger charge is -2.21. The Bertz CT molecular complexity index is 512. The Morgan fingerprint density at radius 3 is 2.26 bits per heavy atom. The SMILES string of the molecule is CCOC(=O)c1ccc(C(N)CNC(=O)OC(C)(C)C)cc1.Cl. The van der Waals surface area contributed by atoms with E-state index in [1.807, 2.05) is 0 Å². The van der Waals surface area contributed by atoms with Crippen LogP contribution in [0.4, 0.5) is 4.79 Å². The minimum atomic E-state index is -0.546. The second-order valence-electron chi connectivity index (χ2n) is 5.83. The van der Waals surface area contributed by atoms with E-state index in [0.717, 1.165) is 5.56 Å². The number of benzene rings is 1. The molecule has 1 atom stereocenters. The quantitative estimate of drug-likeness (QED) is 0.801. The monoisotopic (exact) mass is 344 g/mol. The number of halogens is 1. The van der Waals surface area contributed by atoms with Gasteiger partial charge in [-0.2, -0.15) is 0 Å². The molecule has 130 valence electrons. The van der Waals surface area contributed by atoms with E-state index >= 15 is 0 Å². The zero-order chi connectivity index (χ0) is 16.8. The summed E-state index contributed by atoms with van der Waals surface area (Å²) in [7, 11) is 0. The summed E-state index contributed by atoms with van der Waals surface area (Å²) in [6.07, 6.45) is -0.508. The Balaban J connectivity index is 0.00000484. The molecule has 0 aliphatic heterocycles. The molecule has 3 N–H and O–H groups in total. The Labute approximate surface area is 143 Å². The van der Waals surface area contributed by atoms with Gasteiger partial charge in [0.2, 0.25) is 0 Å². The summed E-state index contributed by atoms with van der Waals surface area (Å²) in [5.41, 5.74) is 6.74. The highest BCUT2D eigenvalue weighted by molar-refractivity contribution is 5.89. The molecule has 6 nitrogen and oxygen atoms in total. The summed E-state index contributed by atoms with van der Waals surface area (Å²) in [5.74, 6) is -0.366. The third kappa shape index (κ3) is 7.85. The fraction of sp³-hybridized carbons (Fsp3) is 0.500. The lowest BCUT2D eigenvalue weighted by molar-refractivity contribution is 0.0516. The number of esters is 1. The van der Waals surface area contributed by atoms with Gasteiger partial charge in [-0.05, 0) is 45.4 Å². The average Bonchev–Trinajstić information content (AvgIpc) is 2.43. The maximum absolute atomic E-state index is 11.6. The number of alkyl carbamates (subject to hydrolysis) is 1. The molecule has 0 fully saturated rings. The first-order valence-corrected chi connectivity index (χ1v) is 7.22. The summed E-state index contributed by atoms with van der Waals surface area (Å²) in [6.45, 7) is 7.71. The molecule has 0 aliphatic rings. The Morgan fingerprint density at radius 1 is 1.22 bits per heavy atom. The van der Waals surface area contributed by atoms with Gasteiger partial charge in [0.15, 0.2) is 0 Å². The van der Waals surface area contributed by atoms with E-state index < -0.39 is 11.7 Å². The van der Waals surface area contributed by atoms with Crippen molar-refractivity contribution >= 4 is 24.5 Å². The third-order valence-corrected chi connectivity index (χ3v) is 2.72. The Hall–Kier alpha value is -1.79. The molecule has 0 radical (unpaired) electrons. The molecule has 1 amide bonds. The maximum atomic E-state index is 11.6. The van der Waals surface area contributed by atoms with Gasteiger partial charge in [0.1, 0.15) is 5.60 Å². The summed E-state index contributed by atoms with van der Waals surface area (Å²) >= 11 is 0. The molecule has 0 spiro atoms. The maximum Gasteiger partial charge on any atom is 0.407 e. The van der Waals surface area contributed by atoms with E-state index in [2.05, 4.69) is 5.32 Å². The van der Waals surface area contributed by atoms with Crippen LogP contribution in [-0.4, -0.2) is 30.8 Å². The standard InChI is InChI=1S/C16H24N2O4.ClH/c1-5-21-14(19)12-8-6-11(7-9-12)13(17)10-18-15(20)22-16(2,3)4;/h6-9,13H,5,10,17H2,1-4H3,(H,18,20);1H. The predicted molar refractivity (Wildman–Crippen MR) is 90.8 cm³/mol. The van der Waals surface area contributed by atoms with Crippen LogP contribution in [0.25, 0.3) is 0 Å². The van der Waals surface area contributed by atoms with Crippen LogP contribution in [0, 0.1) is 0 Å². The first-order valence-electron chi connectivity index (χ1n) is 7.22. The van der Waals surface area contributed by atoms with Crippen molar-refractivity contribution in [1.29, 1.82) is 0 Å². The van der Waals surface area contributed by atoms with Crippen LogP contribution in [-0.2, 0) is 9.47 Å². The molecule has 0 heterocycles. The van der Waals surface area contributed by atoms with E-state index in [9.17, 15) is 9.59 Å². The number of hydrogen-bond acceptors (Lipinski definition) is 5. The molecule has 0 saturated heterocycles. The highest BCUT2D eigenvalue weighted by atomic mass is 35.5. The summed E-state index contributed by atoms with van der Waals surface area (Å²) in [5, 5.41) is 2.62. The summed E-state index contributed by atoms with van der Waals surface area (Å²) in [6, 6.07) is 6.41. The van der Waals surface area contributed by atoms with E-state index in [1.54, 1.807) is 52.0 Å². The van der Waals surface area contributed by atoms with Crippen LogP contribution in [0.5, 0.6) is 0 Å². The molecule has 1 unspecified atom stereocenters. The number of nitrogens with two attached hydrogens (primary N) is 1. The molecule has 0 aromatic heterocycles. The van der Waals surface area contributed by atoms with Crippen LogP contribution in [0.3, 0.4) is 0 Å². The molecular formula is C16H25ClN2O4. The minimum Gasteiger partial charge on any atom is -0.462 e. The van der Waals surface area contributed by atoms with Crippen molar-refractivity contribution in [2.24, 2.45) is 5.73 Å². The minimum absolute atomic E-state index is 0. The van der Waals surface area contributed by atoms with Crippen LogP contribution in [0.1, 0.15) is 49.7 Å². The molecular weight excluding hydrogens is 320 g/mol. The first kappa shape index (κ1) is 21.2. The molecule has 0 aliphatic carbocycles. The fourth-order valence-corrected chi connectivity index (χ4v) is 1.71. The van der Waals surface area contributed by atoms with Crippen LogP contribution >= 0.6 is 12.4 Å². The van der Waals surface area contributed by atoms with Gasteiger partial charge in [0.25, 0.3) is 0 Å². The highest BCUT2D eigenvalue weighted by Gasteiger charge is 2.17. The smallest absolute Gasteiger partial charge is 0.407 e. The van der Waals surface area contributed by atoms with Gasteiger partial charge in [-0.15, -0.1) is 12.4 Å². The topological polar surface area (TPSA) is 90.6 Å². The van der Waals surface area contributed by atoms with Crippen molar-refractivity contribution in [3.05, 3.63) is 35.4 Å². The third-order valence-electron chi connectivity index (χ3n) is 2.72. The zero-order valence-corrected chi connectivity index (χ0v) is 14.7. The number of ether oxygens (including phenoxy) is 2. The Kier molecular flexibility index (Phi) is 8.64. The first-order chi connectivity index (χ1) is 10.2. The number of amides is 1. The average molecular weight is 345 g/mol. The van der Waals surface area contributed by atoms with Crippen LogP contribution in [0.15, 0.2) is 24.3 Å². The molecule has 23 heavy (non-hydrogen) atoms. The van der Waals surface area contributed by atoms with Crippen molar-refractivity contribution in [1.82, 2.24) is 5.32 Å². The normalized spacial score (nSPS) is 11.9. The van der Waals surface area contributed by atoms with E-state index in [4.69, 9.17) is 15.2 Å². The Morgan fingerprint density at radius 2 is 1.78 bits per heavy atom. The van der Waals surface area contributed by atoms with Crippen molar-refractivity contribution in [3.8, 4) is 0 Å². The highest BCUT2D eigenvalue weighted by Crippen LogP contribution is 2.12. The molecule has 1 rings (SSSR count). The molecule has 1 aromatic carbocycles. The van der Waals surface area contributed by atoms with Crippen molar-refractivity contribution < 1.29 is 19.1 Å². The lowest BCUT2D eigenvalue weighted by atomic mass is 10.1. The van der Waals surface area contributed by atoms with Gasteiger partial charge in [0.05, 0.1) is 12.2 Å². The van der Waals surface area contributed by atoms with Gasteiger partial charge >= 0.3 is 12.1 Å². The van der Waals surface area contributed by atoms with E-state index in [1.165, 1.54) is 0 Å². The van der Waals surface area contributed by atoms with Gasteiger partial charge < -0.3 is 20.5 Å². The van der Waals surface area contributed by atoms with Gasteiger partial charge in [-0.1, -0.05) is 12.1 Å². The van der Waals surface area contributed by atoms with Gasteiger partial charge in [0, 0.05) is 12.6 Å². The number of carbonyl (C=O) groups is 2. The zero-order valence-electron chi connectivity index (χ0n) is 13.9. The number of nitrogens with one attached hydrogen (secondary N) is 1. The van der Waals surface area contributed by atoms with Crippen molar-refractivity contribution in [2.75, 3.05) is 13.2 Å².